The van der Waals surface area contributed by atoms with Gasteiger partial charge in [-0.25, -0.2) is 0 Å². The molecule has 2 unspecified atom stereocenters. The van der Waals surface area contributed by atoms with E-state index in [1.54, 1.807) is 30.3 Å². The Labute approximate surface area is 216 Å². The van der Waals surface area contributed by atoms with E-state index in [0.29, 0.717) is 24.0 Å². The lowest BCUT2D eigenvalue weighted by molar-refractivity contribution is 0.0903. The number of benzene rings is 4. The summed E-state index contributed by atoms with van der Waals surface area (Å²) in [5.74, 6) is -0.264. The van der Waals surface area contributed by atoms with Gasteiger partial charge in [-0.1, -0.05) is 72.8 Å². The normalized spacial score (nSPS) is 12.5. The Bertz CT molecular complexity index is 1340. The van der Waals surface area contributed by atoms with Crippen LogP contribution >= 0.6 is 0 Å². The molecule has 0 aliphatic carbocycles. The molecule has 0 saturated carbocycles. The maximum Gasteiger partial charge on any atom is 0.251 e. The van der Waals surface area contributed by atoms with Gasteiger partial charge in [0.15, 0.2) is 0 Å². The zero-order valence-corrected chi connectivity index (χ0v) is 20.5. The lowest BCUT2D eigenvalue weighted by Gasteiger charge is -2.27. The minimum Gasteiger partial charge on any atom is -0.508 e. The van der Waals surface area contributed by atoms with Gasteiger partial charge in [-0.2, -0.15) is 0 Å². The van der Waals surface area contributed by atoms with Gasteiger partial charge in [0.1, 0.15) is 11.6 Å². The van der Waals surface area contributed by atoms with Crippen LogP contribution in [0.25, 0.3) is 11.1 Å². The molecule has 0 radical (unpaired) electrons. The topological polar surface area (TPSA) is 119 Å². The number of phenolic OH excluding ortho intramolecular Hbond substituents is 1. The number of nitrogens with one attached hydrogen (secondary N) is 2. The number of hydrogen-bond donors (Lipinski definition) is 5. The summed E-state index contributed by atoms with van der Waals surface area (Å²) in [6.07, 6.45) is 1.09. The van der Waals surface area contributed by atoms with Crippen molar-refractivity contribution in [1.29, 1.82) is 5.41 Å². The van der Waals surface area contributed by atoms with Crippen LogP contribution in [0.15, 0.2) is 103 Å². The van der Waals surface area contributed by atoms with Gasteiger partial charge in [0, 0.05) is 29.7 Å². The van der Waals surface area contributed by atoms with Gasteiger partial charge in [0.05, 0.1) is 0 Å². The fraction of sp³-hybridized carbons (Fsp3) is 0.161. The Kier molecular flexibility index (Phi) is 8.33. The number of nitrogen functional groups attached to an aromatic ring is 1. The van der Waals surface area contributed by atoms with Crippen molar-refractivity contribution in [1.82, 2.24) is 5.32 Å². The molecule has 37 heavy (non-hydrogen) atoms. The third-order valence-corrected chi connectivity index (χ3v) is 6.50. The average Bonchev–Trinajstić information content (AvgIpc) is 2.92. The zero-order valence-electron chi connectivity index (χ0n) is 20.5. The molecule has 188 valence electrons. The van der Waals surface area contributed by atoms with Crippen molar-refractivity contribution in [2.75, 3.05) is 6.61 Å². The highest BCUT2D eigenvalue weighted by atomic mass is 16.3. The zero-order chi connectivity index (χ0) is 26.2. The summed E-state index contributed by atoms with van der Waals surface area (Å²) >= 11 is 0. The van der Waals surface area contributed by atoms with Crippen molar-refractivity contribution >= 4 is 11.7 Å². The van der Waals surface area contributed by atoms with Gasteiger partial charge < -0.3 is 21.3 Å². The van der Waals surface area contributed by atoms with E-state index < -0.39 is 0 Å². The highest BCUT2D eigenvalue weighted by molar-refractivity contribution is 5.95. The van der Waals surface area contributed by atoms with Crippen molar-refractivity contribution in [2.24, 2.45) is 11.7 Å². The first kappa shape index (κ1) is 25.7. The highest BCUT2D eigenvalue weighted by Gasteiger charge is 2.24. The third-order valence-electron chi connectivity index (χ3n) is 6.50. The second kappa shape index (κ2) is 12.0. The molecule has 0 aromatic heterocycles. The third kappa shape index (κ3) is 6.84. The van der Waals surface area contributed by atoms with Crippen LogP contribution in [0, 0.1) is 11.3 Å². The first-order valence-corrected chi connectivity index (χ1v) is 12.2. The monoisotopic (exact) mass is 493 g/mol. The summed E-state index contributed by atoms with van der Waals surface area (Å²) in [7, 11) is 0. The van der Waals surface area contributed by atoms with Crippen LogP contribution in [-0.2, 0) is 12.8 Å². The molecule has 6 heteroatoms. The molecule has 4 aromatic rings. The van der Waals surface area contributed by atoms with E-state index >= 15 is 0 Å². The van der Waals surface area contributed by atoms with Gasteiger partial charge >= 0.3 is 0 Å². The Hall–Kier alpha value is -4.42. The van der Waals surface area contributed by atoms with E-state index in [1.807, 2.05) is 72.8 Å². The number of nitrogens with two attached hydrogens (primary N) is 1. The van der Waals surface area contributed by atoms with Crippen LogP contribution in [0.3, 0.4) is 0 Å². The number of aromatic hydroxyl groups is 1. The van der Waals surface area contributed by atoms with E-state index in [1.165, 1.54) is 0 Å². The number of carbonyl (C=O) groups is 1. The Balaban J connectivity index is 1.54. The predicted molar refractivity (Wildman–Crippen MR) is 147 cm³/mol. The molecule has 4 rings (SSSR count). The maximum atomic E-state index is 13.3. The number of amidine groups is 1. The molecule has 4 aromatic carbocycles. The van der Waals surface area contributed by atoms with Crippen LogP contribution < -0.4 is 11.1 Å². The molecule has 0 bridgehead atoms. The van der Waals surface area contributed by atoms with E-state index in [-0.39, 0.29) is 36.1 Å². The van der Waals surface area contributed by atoms with Gasteiger partial charge in [-0.3, -0.25) is 10.2 Å². The van der Waals surface area contributed by atoms with Crippen molar-refractivity contribution in [2.45, 2.75) is 18.9 Å². The summed E-state index contributed by atoms with van der Waals surface area (Å²) < 4.78 is 0. The van der Waals surface area contributed by atoms with Crippen LogP contribution in [0.4, 0.5) is 0 Å². The van der Waals surface area contributed by atoms with Crippen molar-refractivity contribution in [3.63, 3.8) is 0 Å². The molecule has 6 N–H and O–H groups in total. The summed E-state index contributed by atoms with van der Waals surface area (Å²) in [6, 6.07) is 31.2. The lowest BCUT2D eigenvalue weighted by Crippen LogP contribution is -2.44. The number of hydrogen-bond acceptors (Lipinski definition) is 4. The van der Waals surface area contributed by atoms with Crippen LogP contribution in [0.5, 0.6) is 5.75 Å². The Morgan fingerprint density at radius 1 is 0.784 bits per heavy atom. The minimum absolute atomic E-state index is 0.00714. The molecule has 6 nitrogen and oxygen atoms in total. The Morgan fingerprint density at radius 2 is 1.41 bits per heavy atom. The molecule has 0 saturated heterocycles. The number of aliphatic hydroxyl groups is 1. The first-order chi connectivity index (χ1) is 17.9. The highest BCUT2D eigenvalue weighted by Crippen LogP contribution is 2.23. The van der Waals surface area contributed by atoms with E-state index in [0.717, 1.165) is 22.3 Å². The van der Waals surface area contributed by atoms with Crippen molar-refractivity contribution in [3.8, 4) is 16.9 Å². The van der Waals surface area contributed by atoms with Crippen molar-refractivity contribution in [3.05, 3.63) is 125 Å². The van der Waals surface area contributed by atoms with E-state index in [4.69, 9.17) is 11.1 Å². The summed E-state index contributed by atoms with van der Waals surface area (Å²) in [6.45, 7) is -0.109. The van der Waals surface area contributed by atoms with Crippen LogP contribution in [-0.4, -0.2) is 34.6 Å². The van der Waals surface area contributed by atoms with E-state index in [9.17, 15) is 15.0 Å². The first-order valence-electron chi connectivity index (χ1n) is 12.2. The second-order valence-electron chi connectivity index (χ2n) is 9.15. The summed E-state index contributed by atoms with van der Waals surface area (Å²) in [5.41, 5.74) is 10.7. The maximum absolute atomic E-state index is 13.3. The van der Waals surface area contributed by atoms with Crippen molar-refractivity contribution < 1.29 is 15.0 Å². The molecular weight excluding hydrogens is 462 g/mol. The molecule has 1 amide bonds. The molecular formula is C31H31N3O3. The molecule has 0 heterocycles. The number of aliphatic hydroxyl groups excluding tert-OH is 1. The number of carbonyl (C=O) groups excluding carboxylic acids is 1. The quantitative estimate of drug-likeness (QED) is 0.165. The standard InChI is InChI=1S/C31H31N3O3/c32-30(33)26-8-4-7-22(17-26)18-27(20-35)29(19-21-5-2-1-3-6-21)34-31(37)25-11-9-23(10-12-25)24-13-15-28(36)16-14-24/h1-17,27,29,35-36H,18-20H2,(H3,32,33)(H,34,37). The number of rotatable bonds is 10. The fourth-order valence-corrected chi connectivity index (χ4v) is 4.43. The number of phenols is 1. The van der Waals surface area contributed by atoms with Crippen LogP contribution in [0.1, 0.15) is 27.0 Å². The predicted octanol–water partition coefficient (Wildman–Crippen LogP) is 4.54. The van der Waals surface area contributed by atoms with E-state index in [2.05, 4.69) is 5.32 Å². The summed E-state index contributed by atoms with van der Waals surface area (Å²) in [4.78, 5) is 13.3. The largest absolute Gasteiger partial charge is 0.508 e. The van der Waals surface area contributed by atoms with Gasteiger partial charge in [-0.05, 0) is 65.4 Å². The fourth-order valence-electron chi connectivity index (χ4n) is 4.43. The van der Waals surface area contributed by atoms with Crippen LogP contribution in [0.2, 0.25) is 0 Å². The smallest absolute Gasteiger partial charge is 0.251 e. The van der Waals surface area contributed by atoms with Gasteiger partial charge in [0.2, 0.25) is 0 Å². The molecule has 0 aliphatic rings. The Morgan fingerprint density at radius 3 is 2.03 bits per heavy atom. The SMILES string of the molecule is N=C(N)c1cccc(CC(CO)C(Cc2ccccc2)NC(=O)c2ccc(-c3ccc(O)cc3)cc2)c1. The molecule has 0 fully saturated rings. The van der Waals surface area contributed by atoms with Gasteiger partial charge in [0.25, 0.3) is 5.91 Å². The summed E-state index contributed by atoms with van der Waals surface area (Å²) in [5, 5.41) is 30.7. The molecule has 2 atom stereocenters. The van der Waals surface area contributed by atoms with Gasteiger partial charge in [-0.15, -0.1) is 0 Å². The lowest BCUT2D eigenvalue weighted by atomic mass is 9.88. The average molecular weight is 494 g/mol. The minimum atomic E-state index is -0.322. The molecule has 0 spiro atoms. The molecule has 0 aliphatic heterocycles. The number of amides is 1. The second-order valence-corrected chi connectivity index (χ2v) is 9.15.